The Bertz CT molecular complexity index is 3140. The number of benzene rings is 3. The number of carbonyl (C=O) groups excluding carboxylic acids is 4. The van der Waals surface area contributed by atoms with Gasteiger partial charge in [-0.05, 0) is 96.2 Å². The van der Waals surface area contributed by atoms with E-state index in [1.807, 2.05) is 102 Å². The molecule has 6 aromatic rings. The fourth-order valence-electron chi connectivity index (χ4n) is 11.3. The van der Waals surface area contributed by atoms with Crippen LogP contribution >= 0.6 is 7.60 Å². The third-order valence-corrected chi connectivity index (χ3v) is 17.8. The first-order valence-corrected chi connectivity index (χ1v) is 28.7. The average molecular weight is 1090 g/mol. The molecule has 4 amide bonds. The van der Waals surface area contributed by atoms with Gasteiger partial charge in [-0.15, -0.1) is 0 Å². The van der Waals surface area contributed by atoms with E-state index in [1.165, 1.54) is 14.2 Å². The van der Waals surface area contributed by atoms with E-state index in [9.17, 15) is 33.5 Å². The number of H-pyrrole nitrogens is 2. The molecule has 2 aliphatic heterocycles. The Morgan fingerprint density at radius 3 is 1.49 bits per heavy atom. The van der Waals surface area contributed by atoms with Crippen molar-refractivity contribution in [1.82, 2.24) is 44.9 Å². The standard InChI is InChI=1S/C59H76N9O9P/c1-12-59(13-2,78(73,74)75)41-26-28-42(29-27-41)68-48(39-22-18-37(19-23-39)44-33-60-52(62-44)46-16-14-30-66(46)54(69)49(35(3)4)64-56(71)76-10)32-43(58(7,8)9)51(68)40-24-20-38(21-25-40)45-34-61-53(63-45)47-17-15-31-67(47)55(70)50(36(5)6)65-57(72)77-11/h18-29,32-36,46-47,49-50H,12-17,30-31H2,1-11H3,(H,60,62)(H,61,63)(H,64,71)(H,65,72)(H2,73,74,75)/t46-,47-,49-,50-/m0/s1. The number of aromatic nitrogens is 5. The fourth-order valence-corrected chi connectivity index (χ4v) is 12.6. The van der Waals surface area contributed by atoms with Crippen LogP contribution in [0.3, 0.4) is 0 Å². The number of alkyl carbamates (subject to hydrolysis) is 2. The van der Waals surface area contributed by atoms with E-state index < -0.39 is 37.0 Å². The fraction of sp³-hybridized carbons (Fsp3) is 0.458. The second kappa shape index (κ2) is 23.1. The lowest BCUT2D eigenvalue weighted by molar-refractivity contribution is -0.136. The molecular weight excluding hydrogens is 1010 g/mol. The van der Waals surface area contributed by atoms with Gasteiger partial charge in [0.15, 0.2) is 0 Å². The maximum atomic E-state index is 13.9. The summed E-state index contributed by atoms with van der Waals surface area (Å²) in [5, 5.41) is 4.10. The van der Waals surface area contributed by atoms with Crippen LogP contribution in [0.1, 0.15) is 136 Å². The summed E-state index contributed by atoms with van der Waals surface area (Å²) >= 11 is 0. The van der Waals surface area contributed by atoms with Gasteiger partial charge in [-0.2, -0.15) is 0 Å². The van der Waals surface area contributed by atoms with Gasteiger partial charge < -0.3 is 54.2 Å². The molecule has 0 radical (unpaired) electrons. The molecule has 0 aliphatic carbocycles. The maximum absolute atomic E-state index is 13.9. The molecule has 0 unspecified atom stereocenters. The average Bonchev–Trinajstić information content (AvgIpc) is 4.35. The summed E-state index contributed by atoms with van der Waals surface area (Å²) in [4.78, 5) is 93.8. The van der Waals surface area contributed by atoms with Gasteiger partial charge in [0.05, 0.1) is 54.2 Å². The van der Waals surface area contributed by atoms with Gasteiger partial charge in [0.2, 0.25) is 11.8 Å². The molecule has 8 rings (SSSR count). The minimum atomic E-state index is -4.55. The van der Waals surface area contributed by atoms with Gasteiger partial charge >= 0.3 is 19.8 Å². The minimum Gasteiger partial charge on any atom is -0.453 e. The van der Waals surface area contributed by atoms with E-state index in [4.69, 9.17) is 19.4 Å². The highest BCUT2D eigenvalue weighted by molar-refractivity contribution is 7.53. The lowest BCUT2D eigenvalue weighted by Crippen LogP contribution is -2.51. The van der Waals surface area contributed by atoms with Crippen molar-refractivity contribution in [3.8, 4) is 50.7 Å². The molecule has 0 bridgehead atoms. The zero-order valence-electron chi connectivity index (χ0n) is 46.7. The zero-order chi connectivity index (χ0) is 56.4. The number of likely N-dealkylation sites (tertiary alicyclic amines) is 2. The molecule has 0 spiro atoms. The predicted octanol–water partition coefficient (Wildman–Crippen LogP) is 11.2. The van der Waals surface area contributed by atoms with E-state index in [1.54, 1.807) is 9.80 Å². The second-order valence-electron chi connectivity index (χ2n) is 22.3. The van der Waals surface area contributed by atoms with Gasteiger partial charge in [-0.1, -0.05) is 123 Å². The van der Waals surface area contributed by atoms with Gasteiger partial charge in [0.1, 0.15) is 23.7 Å². The lowest BCUT2D eigenvalue weighted by Gasteiger charge is -2.33. The highest BCUT2D eigenvalue weighted by Crippen LogP contribution is 2.61. The van der Waals surface area contributed by atoms with Gasteiger partial charge in [0, 0.05) is 42.3 Å². The monoisotopic (exact) mass is 1090 g/mol. The first kappa shape index (κ1) is 57.2. The van der Waals surface area contributed by atoms with Crippen LogP contribution < -0.4 is 10.6 Å². The number of nitrogens with zero attached hydrogens (tertiary/aromatic N) is 5. The maximum Gasteiger partial charge on any atom is 0.407 e. The molecule has 2 aliphatic rings. The molecule has 18 nitrogen and oxygen atoms in total. The topological polar surface area (TPSA) is 237 Å². The summed E-state index contributed by atoms with van der Waals surface area (Å²) < 4.78 is 25.0. The van der Waals surface area contributed by atoms with E-state index in [0.717, 1.165) is 82.0 Å². The molecule has 0 saturated carbocycles. The van der Waals surface area contributed by atoms with Crippen LogP contribution in [0.5, 0.6) is 0 Å². The molecule has 3 aromatic heterocycles. The highest BCUT2D eigenvalue weighted by atomic mass is 31.2. The predicted molar refractivity (Wildman–Crippen MR) is 301 cm³/mol. The molecule has 78 heavy (non-hydrogen) atoms. The molecule has 2 saturated heterocycles. The number of imidazole rings is 2. The Labute approximate surface area is 457 Å². The Morgan fingerprint density at radius 1 is 0.679 bits per heavy atom. The third-order valence-electron chi connectivity index (χ3n) is 15.8. The third kappa shape index (κ3) is 11.3. The van der Waals surface area contributed by atoms with Crippen LogP contribution in [-0.2, 0) is 34.2 Å². The molecule has 5 heterocycles. The number of ether oxygens (including phenoxy) is 2. The molecule has 2 fully saturated rings. The number of nitrogens with one attached hydrogen (secondary N) is 4. The summed E-state index contributed by atoms with van der Waals surface area (Å²) in [6.45, 7) is 18.8. The molecule has 6 N–H and O–H groups in total. The van der Waals surface area contributed by atoms with Crippen molar-refractivity contribution in [2.24, 2.45) is 11.8 Å². The van der Waals surface area contributed by atoms with Crippen molar-refractivity contribution in [2.75, 3.05) is 27.3 Å². The van der Waals surface area contributed by atoms with E-state index >= 15 is 0 Å². The van der Waals surface area contributed by atoms with Crippen molar-refractivity contribution in [3.63, 3.8) is 0 Å². The molecule has 3 aromatic carbocycles. The Hall–Kier alpha value is -7.01. The van der Waals surface area contributed by atoms with Crippen molar-refractivity contribution in [2.45, 2.75) is 136 Å². The molecule has 19 heteroatoms. The highest BCUT2D eigenvalue weighted by Gasteiger charge is 2.45. The number of carbonyl (C=O) groups is 4. The first-order chi connectivity index (χ1) is 37.0. The van der Waals surface area contributed by atoms with Crippen molar-refractivity contribution < 1.29 is 43.0 Å². The summed E-state index contributed by atoms with van der Waals surface area (Å²) in [5.74, 6) is 0.669. The van der Waals surface area contributed by atoms with Crippen molar-refractivity contribution in [3.05, 3.63) is 114 Å². The number of aromatic amines is 2. The SMILES string of the molecule is CCC(CC)(c1ccc(-n2c(-c3ccc(-c4c[nH]c([C@@H]5CCCN5C(=O)[C@@H](NC(=O)OC)C(C)C)n4)cc3)cc(C(C)(C)C)c2-c2ccc(-c3c[nH]c([C@@H]4CCCN4C(=O)[C@@H](NC(=O)OC)C(C)C)n3)cc2)cc1)P(=O)(O)O. The Balaban J connectivity index is 1.15. The normalized spacial score (nSPS) is 16.9. The van der Waals surface area contributed by atoms with E-state index in [-0.39, 0.29) is 54.0 Å². The summed E-state index contributed by atoms with van der Waals surface area (Å²) in [7, 11) is -1.99. The smallest absolute Gasteiger partial charge is 0.407 e. The van der Waals surface area contributed by atoms with Crippen LogP contribution in [0, 0.1) is 11.8 Å². The Kier molecular flexibility index (Phi) is 17.0. The summed E-state index contributed by atoms with van der Waals surface area (Å²) in [5.41, 5.74) is 9.02. The quantitative estimate of drug-likeness (QED) is 0.0470. The van der Waals surface area contributed by atoms with Gasteiger partial charge in [-0.3, -0.25) is 14.2 Å². The second-order valence-corrected chi connectivity index (χ2v) is 24.2. The summed E-state index contributed by atoms with van der Waals surface area (Å²) in [6, 6.07) is 24.2. The number of hydrogen-bond acceptors (Lipinski definition) is 9. The van der Waals surface area contributed by atoms with E-state index in [0.29, 0.717) is 30.3 Å². The van der Waals surface area contributed by atoms with Crippen LogP contribution in [0.2, 0.25) is 0 Å². The Morgan fingerprint density at radius 2 is 1.10 bits per heavy atom. The van der Waals surface area contributed by atoms with Crippen LogP contribution in [0.4, 0.5) is 9.59 Å². The van der Waals surface area contributed by atoms with Gasteiger partial charge in [-0.25, -0.2) is 19.6 Å². The number of hydrogen-bond donors (Lipinski definition) is 6. The van der Waals surface area contributed by atoms with Gasteiger partial charge in [0.25, 0.3) is 0 Å². The first-order valence-electron chi connectivity index (χ1n) is 27.1. The van der Waals surface area contributed by atoms with Crippen LogP contribution in [0.25, 0.3) is 50.7 Å². The zero-order valence-corrected chi connectivity index (χ0v) is 47.6. The molecular formula is C59H76N9O9P. The largest absolute Gasteiger partial charge is 0.453 e. The minimum absolute atomic E-state index is 0.156. The van der Waals surface area contributed by atoms with Crippen molar-refractivity contribution >= 4 is 31.6 Å². The van der Waals surface area contributed by atoms with Crippen LogP contribution in [-0.4, -0.2) is 107 Å². The summed E-state index contributed by atoms with van der Waals surface area (Å²) in [6.07, 6.45) is 5.99. The number of rotatable bonds is 17. The molecule has 416 valence electrons. The lowest BCUT2D eigenvalue weighted by atomic mass is 9.85. The number of amides is 4. The van der Waals surface area contributed by atoms with Crippen LogP contribution in [0.15, 0.2) is 91.3 Å². The van der Waals surface area contributed by atoms with Crippen molar-refractivity contribution in [1.29, 1.82) is 0 Å². The molecule has 4 atom stereocenters. The van der Waals surface area contributed by atoms with E-state index in [2.05, 4.69) is 76.3 Å². The number of methoxy groups -OCH3 is 2.